The van der Waals surface area contributed by atoms with E-state index >= 15 is 0 Å². The smallest absolute Gasteiger partial charge is 0.308 e. The van der Waals surface area contributed by atoms with Gasteiger partial charge in [-0.15, -0.1) is 11.8 Å². The first-order valence-electron chi connectivity index (χ1n) is 11.4. The number of hydrogen-bond donors (Lipinski definition) is 2. The monoisotopic (exact) mass is 464 g/mol. The third-order valence-corrected chi connectivity index (χ3v) is 6.08. The molecule has 0 fully saturated rings. The van der Waals surface area contributed by atoms with Gasteiger partial charge in [-0.3, -0.25) is 9.79 Å². The zero-order valence-corrected chi connectivity index (χ0v) is 21.0. The molecular weight excluding hydrogens is 424 g/mol. The molecule has 1 aliphatic heterocycles. The van der Waals surface area contributed by atoms with Gasteiger partial charge in [0.1, 0.15) is 11.6 Å². The second-order valence-electron chi connectivity index (χ2n) is 7.91. The highest BCUT2D eigenvalue weighted by Crippen LogP contribution is 2.23. The number of hydrogen-bond acceptors (Lipinski definition) is 6. The predicted octanol–water partition coefficient (Wildman–Crippen LogP) is 5.55. The number of carboxylic acid groups (broad SMARTS) is 1. The van der Waals surface area contributed by atoms with Gasteiger partial charge in [0.15, 0.2) is 0 Å². The van der Waals surface area contributed by atoms with E-state index in [-0.39, 0.29) is 11.9 Å². The Balaban J connectivity index is 2.65. The normalized spacial score (nSPS) is 17.2. The molecule has 3 atom stereocenters. The van der Waals surface area contributed by atoms with Crippen LogP contribution in [0, 0.1) is 11.8 Å². The summed E-state index contributed by atoms with van der Waals surface area (Å²) < 4.78 is 11.1. The van der Waals surface area contributed by atoms with Crippen LogP contribution in [0.5, 0.6) is 0 Å². The Morgan fingerprint density at radius 3 is 2.72 bits per heavy atom. The van der Waals surface area contributed by atoms with Crippen LogP contribution in [0.4, 0.5) is 0 Å². The number of ether oxygens (including phenoxy) is 2. The molecule has 0 aromatic rings. The van der Waals surface area contributed by atoms with Crippen LogP contribution in [0.25, 0.3) is 0 Å². The fourth-order valence-corrected chi connectivity index (χ4v) is 3.61. The molecule has 1 rings (SSSR count). The summed E-state index contributed by atoms with van der Waals surface area (Å²) in [5, 5.41) is 14.8. The SMILES string of the molecule is C=C(OCC)C1=C(CC=CCCOCC(C)C(=O)O)NC(C(C)S/C=C\C(C)CC)=NC1. The fraction of sp³-hybridized carbons (Fsp3) is 0.600. The summed E-state index contributed by atoms with van der Waals surface area (Å²) in [5.74, 6) is 0.882. The second-order valence-corrected chi connectivity index (χ2v) is 9.16. The third kappa shape index (κ3) is 10.6. The highest BCUT2D eigenvalue weighted by atomic mass is 32.2. The maximum absolute atomic E-state index is 10.8. The van der Waals surface area contributed by atoms with Crippen molar-refractivity contribution in [1.29, 1.82) is 0 Å². The number of aliphatic carboxylic acids is 1. The van der Waals surface area contributed by atoms with E-state index < -0.39 is 11.9 Å². The third-order valence-electron chi connectivity index (χ3n) is 5.13. The minimum atomic E-state index is -0.835. The Kier molecular flexibility index (Phi) is 13.8. The molecule has 1 heterocycles. The van der Waals surface area contributed by atoms with E-state index in [1.165, 1.54) is 0 Å². The van der Waals surface area contributed by atoms with E-state index in [9.17, 15) is 4.79 Å². The number of carboxylic acids is 1. The minimum absolute atomic E-state index is 0.223. The van der Waals surface area contributed by atoms with Crippen molar-refractivity contribution < 1.29 is 19.4 Å². The van der Waals surface area contributed by atoms with Gasteiger partial charge in [0.25, 0.3) is 0 Å². The van der Waals surface area contributed by atoms with Crippen LogP contribution in [-0.2, 0) is 14.3 Å². The first-order chi connectivity index (χ1) is 15.3. The molecule has 0 bridgehead atoms. The molecule has 180 valence electrons. The van der Waals surface area contributed by atoms with Crippen molar-refractivity contribution >= 4 is 23.6 Å². The van der Waals surface area contributed by atoms with Gasteiger partial charge in [0.2, 0.25) is 0 Å². The molecule has 0 saturated heterocycles. The van der Waals surface area contributed by atoms with Gasteiger partial charge in [0, 0.05) is 17.7 Å². The molecular formula is C25H40N2O4S. The van der Waals surface area contributed by atoms with Crippen LogP contribution >= 0.6 is 11.8 Å². The fourth-order valence-electron chi connectivity index (χ4n) is 2.75. The van der Waals surface area contributed by atoms with E-state index in [1.54, 1.807) is 18.7 Å². The van der Waals surface area contributed by atoms with E-state index in [0.29, 0.717) is 37.9 Å². The Labute approximate surface area is 197 Å². The molecule has 0 spiro atoms. The van der Waals surface area contributed by atoms with Crippen molar-refractivity contribution in [3.63, 3.8) is 0 Å². The summed E-state index contributed by atoms with van der Waals surface area (Å²) in [4.78, 5) is 15.6. The molecule has 32 heavy (non-hydrogen) atoms. The first kappa shape index (κ1) is 28.0. The predicted molar refractivity (Wildman–Crippen MR) is 135 cm³/mol. The summed E-state index contributed by atoms with van der Waals surface area (Å²) in [6.07, 6.45) is 8.97. The number of thioether (sulfide) groups is 1. The van der Waals surface area contributed by atoms with Crippen LogP contribution in [0.2, 0.25) is 0 Å². The van der Waals surface area contributed by atoms with E-state index in [0.717, 1.165) is 29.9 Å². The Bertz CT molecular complexity index is 727. The van der Waals surface area contributed by atoms with Crippen LogP contribution in [0.15, 0.2) is 52.2 Å². The number of amidine groups is 1. The lowest BCUT2D eigenvalue weighted by molar-refractivity contribution is -0.143. The van der Waals surface area contributed by atoms with Gasteiger partial charge in [-0.1, -0.05) is 45.1 Å². The maximum Gasteiger partial charge on any atom is 0.308 e. The minimum Gasteiger partial charge on any atom is -0.494 e. The lowest BCUT2D eigenvalue weighted by Crippen LogP contribution is -2.35. The number of allylic oxidation sites excluding steroid dienone is 2. The number of aliphatic imine (C=N–C) groups is 1. The maximum atomic E-state index is 10.8. The zero-order chi connectivity index (χ0) is 23.9. The van der Waals surface area contributed by atoms with Crippen molar-refractivity contribution in [3.05, 3.63) is 47.2 Å². The molecule has 2 N–H and O–H groups in total. The van der Waals surface area contributed by atoms with Crippen molar-refractivity contribution in [1.82, 2.24) is 5.32 Å². The highest BCUT2D eigenvalue weighted by Gasteiger charge is 2.20. The number of nitrogens with zero attached hydrogens (tertiary/aromatic N) is 1. The summed E-state index contributed by atoms with van der Waals surface area (Å²) in [6.45, 7) is 16.1. The summed E-state index contributed by atoms with van der Waals surface area (Å²) in [7, 11) is 0. The second kappa shape index (κ2) is 15.8. The van der Waals surface area contributed by atoms with Crippen LogP contribution < -0.4 is 5.32 Å². The van der Waals surface area contributed by atoms with Gasteiger partial charge in [0.05, 0.1) is 37.5 Å². The van der Waals surface area contributed by atoms with Gasteiger partial charge in [-0.05, 0) is 38.5 Å². The average Bonchev–Trinajstić information content (AvgIpc) is 2.77. The molecule has 0 amide bonds. The quantitative estimate of drug-likeness (QED) is 0.177. The van der Waals surface area contributed by atoms with Crippen LogP contribution in [0.1, 0.15) is 53.9 Å². The molecule has 0 aliphatic carbocycles. The van der Waals surface area contributed by atoms with Crippen molar-refractivity contribution in [2.75, 3.05) is 26.4 Å². The van der Waals surface area contributed by atoms with E-state index in [1.807, 2.05) is 6.92 Å². The largest absolute Gasteiger partial charge is 0.494 e. The van der Waals surface area contributed by atoms with Crippen molar-refractivity contribution in [3.8, 4) is 0 Å². The molecule has 6 nitrogen and oxygen atoms in total. The molecule has 3 unspecified atom stereocenters. The highest BCUT2D eigenvalue weighted by molar-refractivity contribution is 8.03. The van der Waals surface area contributed by atoms with Gasteiger partial charge in [-0.25, -0.2) is 0 Å². The summed E-state index contributed by atoms with van der Waals surface area (Å²) in [5.41, 5.74) is 2.06. The van der Waals surface area contributed by atoms with Crippen molar-refractivity contribution in [2.45, 2.75) is 59.1 Å². The summed E-state index contributed by atoms with van der Waals surface area (Å²) in [6, 6.07) is 0. The van der Waals surface area contributed by atoms with E-state index in [4.69, 9.17) is 19.6 Å². The molecule has 7 heteroatoms. The van der Waals surface area contributed by atoms with Gasteiger partial charge >= 0.3 is 5.97 Å². The molecule has 0 aromatic carbocycles. The Morgan fingerprint density at radius 2 is 2.06 bits per heavy atom. The lowest BCUT2D eigenvalue weighted by Gasteiger charge is -2.25. The number of nitrogens with one attached hydrogen (secondary N) is 1. The topological polar surface area (TPSA) is 80.2 Å². The van der Waals surface area contributed by atoms with Gasteiger partial charge < -0.3 is 19.9 Å². The molecule has 1 aliphatic rings. The van der Waals surface area contributed by atoms with E-state index in [2.05, 4.69) is 56.3 Å². The Morgan fingerprint density at radius 1 is 1.31 bits per heavy atom. The Hall–Kier alpha value is -1.99. The molecule has 0 saturated carbocycles. The molecule has 0 aromatic heterocycles. The number of rotatable bonds is 16. The molecule has 0 radical (unpaired) electrons. The standard InChI is InChI=1S/C25H40N2O4S/c1-7-18(3)13-15-32-21(6)24-26-16-22(20(5)31-8-2)23(27-24)12-10-9-11-14-30-17-19(4)25(28)29/h9-10,13,15,18-19,21H,5,7-8,11-12,14,16-17H2,1-4,6H3,(H,26,27)(H,28,29)/b10-9?,15-13-. The first-order valence-corrected chi connectivity index (χ1v) is 12.4. The average molecular weight is 465 g/mol. The van der Waals surface area contributed by atoms with Crippen molar-refractivity contribution in [2.24, 2.45) is 16.8 Å². The zero-order valence-electron chi connectivity index (χ0n) is 20.2. The van der Waals surface area contributed by atoms with Gasteiger partial charge in [-0.2, -0.15) is 0 Å². The van der Waals surface area contributed by atoms with Crippen LogP contribution in [0.3, 0.4) is 0 Å². The summed E-state index contributed by atoms with van der Waals surface area (Å²) >= 11 is 1.76. The lowest BCUT2D eigenvalue weighted by atomic mass is 10.1. The van der Waals surface area contributed by atoms with Crippen LogP contribution in [-0.4, -0.2) is 48.5 Å². The number of carbonyl (C=O) groups is 1.